The highest BCUT2D eigenvalue weighted by Crippen LogP contribution is 2.20. The molecule has 1 aromatic rings. The highest BCUT2D eigenvalue weighted by atomic mass is 16.4. The molecule has 6 nitrogen and oxygen atoms in total. The van der Waals surface area contributed by atoms with Gasteiger partial charge in [0.1, 0.15) is 0 Å². The monoisotopic (exact) mass is 334 g/mol. The summed E-state index contributed by atoms with van der Waals surface area (Å²) in [6.07, 6.45) is 1.78. The Labute approximate surface area is 142 Å². The minimum Gasteiger partial charge on any atom is -0.481 e. The van der Waals surface area contributed by atoms with Crippen molar-refractivity contribution in [3.63, 3.8) is 0 Å². The molecule has 0 unspecified atom stereocenters. The number of aliphatic carboxylic acids is 1. The first-order valence-corrected chi connectivity index (χ1v) is 8.19. The molecule has 1 rings (SSSR count). The molecule has 0 saturated heterocycles. The van der Waals surface area contributed by atoms with Gasteiger partial charge in [0, 0.05) is 24.6 Å². The number of carboxylic acids is 1. The molecule has 0 radical (unpaired) electrons. The summed E-state index contributed by atoms with van der Waals surface area (Å²) >= 11 is 0. The van der Waals surface area contributed by atoms with Crippen LogP contribution in [0.2, 0.25) is 0 Å². The number of carbonyl (C=O) groups excluding carboxylic acids is 2. The zero-order valence-corrected chi connectivity index (χ0v) is 14.5. The van der Waals surface area contributed by atoms with E-state index in [-0.39, 0.29) is 24.7 Å². The van der Waals surface area contributed by atoms with Crippen LogP contribution < -0.4 is 10.6 Å². The topological polar surface area (TPSA) is 95.5 Å². The van der Waals surface area contributed by atoms with E-state index in [1.54, 1.807) is 25.2 Å². The van der Waals surface area contributed by atoms with Gasteiger partial charge in [-0.15, -0.1) is 0 Å². The quantitative estimate of drug-likeness (QED) is 0.644. The summed E-state index contributed by atoms with van der Waals surface area (Å²) in [5.74, 6) is -1.26. The van der Waals surface area contributed by atoms with Crippen molar-refractivity contribution in [3.05, 3.63) is 35.4 Å². The molecule has 3 N–H and O–H groups in total. The number of benzene rings is 1. The fourth-order valence-electron chi connectivity index (χ4n) is 2.64. The Morgan fingerprint density at radius 2 is 1.83 bits per heavy atom. The second-order valence-corrected chi connectivity index (χ2v) is 5.89. The van der Waals surface area contributed by atoms with Crippen LogP contribution in [0.15, 0.2) is 24.3 Å². The largest absolute Gasteiger partial charge is 0.481 e. The third kappa shape index (κ3) is 5.68. The van der Waals surface area contributed by atoms with Crippen LogP contribution in [0, 0.1) is 0 Å². The molecule has 0 spiro atoms. The van der Waals surface area contributed by atoms with E-state index >= 15 is 0 Å². The average Bonchev–Trinajstić information content (AvgIpc) is 2.58. The SMILES string of the molecule is CCC(CC)(CC(=O)O)NC(=O)CCc1cccc(C(=O)NC)c1. The molecule has 0 aliphatic rings. The lowest BCUT2D eigenvalue weighted by Gasteiger charge is -2.31. The van der Waals surface area contributed by atoms with E-state index in [1.165, 1.54) is 0 Å². The van der Waals surface area contributed by atoms with Gasteiger partial charge in [-0.05, 0) is 37.0 Å². The van der Waals surface area contributed by atoms with Crippen molar-refractivity contribution in [3.8, 4) is 0 Å². The Balaban J connectivity index is 2.68. The maximum atomic E-state index is 12.2. The molecule has 0 aliphatic heterocycles. The van der Waals surface area contributed by atoms with Crippen molar-refractivity contribution < 1.29 is 19.5 Å². The fraction of sp³-hybridized carbons (Fsp3) is 0.500. The van der Waals surface area contributed by atoms with Gasteiger partial charge in [-0.1, -0.05) is 26.0 Å². The van der Waals surface area contributed by atoms with Crippen molar-refractivity contribution in [1.82, 2.24) is 10.6 Å². The van der Waals surface area contributed by atoms with Crippen LogP contribution in [0.1, 0.15) is 55.5 Å². The maximum absolute atomic E-state index is 12.2. The first-order valence-electron chi connectivity index (χ1n) is 8.19. The lowest BCUT2D eigenvalue weighted by molar-refractivity contribution is -0.139. The Hall–Kier alpha value is -2.37. The predicted octanol–water partition coefficient (Wildman–Crippen LogP) is 2.13. The Bertz CT molecular complexity index is 594. The number of carboxylic acid groups (broad SMARTS) is 1. The van der Waals surface area contributed by atoms with E-state index in [4.69, 9.17) is 5.11 Å². The second kappa shape index (κ2) is 9.05. The van der Waals surface area contributed by atoms with Gasteiger partial charge < -0.3 is 15.7 Å². The first-order chi connectivity index (χ1) is 11.4. The third-order valence-corrected chi connectivity index (χ3v) is 4.30. The number of rotatable bonds is 9. The zero-order chi connectivity index (χ0) is 18.2. The maximum Gasteiger partial charge on any atom is 0.305 e. The van der Waals surface area contributed by atoms with Gasteiger partial charge in [-0.2, -0.15) is 0 Å². The number of hydrogen-bond acceptors (Lipinski definition) is 3. The number of carbonyl (C=O) groups is 3. The second-order valence-electron chi connectivity index (χ2n) is 5.89. The summed E-state index contributed by atoms with van der Waals surface area (Å²) in [6, 6.07) is 7.12. The number of amides is 2. The number of hydrogen-bond donors (Lipinski definition) is 3. The number of nitrogens with one attached hydrogen (secondary N) is 2. The van der Waals surface area contributed by atoms with Gasteiger partial charge in [-0.3, -0.25) is 14.4 Å². The van der Waals surface area contributed by atoms with Crippen LogP contribution in [0.4, 0.5) is 0 Å². The summed E-state index contributed by atoms with van der Waals surface area (Å²) in [6.45, 7) is 3.75. The number of aryl methyl sites for hydroxylation is 1. The van der Waals surface area contributed by atoms with Crippen LogP contribution in [-0.4, -0.2) is 35.5 Å². The molecule has 24 heavy (non-hydrogen) atoms. The molecular formula is C18H26N2O4. The van der Waals surface area contributed by atoms with Crippen LogP contribution in [0.3, 0.4) is 0 Å². The minimum atomic E-state index is -0.919. The average molecular weight is 334 g/mol. The van der Waals surface area contributed by atoms with Crippen LogP contribution in [0.25, 0.3) is 0 Å². The van der Waals surface area contributed by atoms with Gasteiger partial charge in [0.2, 0.25) is 5.91 Å². The van der Waals surface area contributed by atoms with E-state index in [1.807, 2.05) is 19.9 Å². The molecule has 6 heteroatoms. The van der Waals surface area contributed by atoms with E-state index in [9.17, 15) is 14.4 Å². The van der Waals surface area contributed by atoms with Gasteiger partial charge in [0.25, 0.3) is 5.91 Å². The summed E-state index contributed by atoms with van der Waals surface area (Å²) < 4.78 is 0. The van der Waals surface area contributed by atoms with Gasteiger partial charge in [-0.25, -0.2) is 0 Å². The molecule has 0 atom stereocenters. The molecule has 0 saturated carbocycles. The van der Waals surface area contributed by atoms with E-state index in [0.717, 1.165) is 5.56 Å². The summed E-state index contributed by atoms with van der Waals surface area (Å²) in [7, 11) is 1.57. The van der Waals surface area contributed by atoms with Crippen LogP contribution in [-0.2, 0) is 16.0 Å². The first kappa shape index (κ1) is 19.7. The Morgan fingerprint density at radius 3 is 2.38 bits per heavy atom. The van der Waals surface area contributed by atoms with Crippen LogP contribution >= 0.6 is 0 Å². The molecule has 0 aliphatic carbocycles. The molecule has 2 amide bonds. The lowest BCUT2D eigenvalue weighted by Crippen LogP contribution is -2.49. The Morgan fingerprint density at radius 1 is 1.17 bits per heavy atom. The van der Waals surface area contributed by atoms with Crippen molar-refractivity contribution in [1.29, 1.82) is 0 Å². The van der Waals surface area contributed by atoms with Crippen LogP contribution in [0.5, 0.6) is 0 Å². The zero-order valence-electron chi connectivity index (χ0n) is 14.5. The highest BCUT2D eigenvalue weighted by molar-refractivity contribution is 5.94. The molecular weight excluding hydrogens is 308 g/mol. The molecule has 0 aromatic heterocycles. The lowest BCUT2D eigenvalue weighted by atomic mass is 9.88. The third-order valence-electron chi connectivity index (χ3n) is 4.30. The molecule has 0 heterocycles. The molecule has 132 valence electrons. The van der Waals surface area contributed by atoms with Crippen molar-refractivity contribution in [2.45, 2.75) is 51.5 Å². The fourth-order valence-corrected chi connectivity index (χ4v) is 2.64. The van der Waals surface area contributed by atoms with E-state index < -0.39 is 11.5 Å². The summed E-state index contributed by atoms with van der Waals surface area (Å²) in [5.41, 5.74) is 0.744. The van der Waals surface area contributed by atoms with Gasteiger partial charge in [0.15, 0.2) is 0 Å². The standard InChI is InChI=1S/C18H26N2O4/c1-4-18(5-2,12-16(22)23)20-15(21)10-9-13-7-6-8-14(11-13)17(24)19-3/h6-8,11H,4-5,9-10,12H2,1-3H3,(H,19,24)(H,20,21)(H,22,23). The van der Waals surface area contributed by atoms with E-state index in [2.05, 4.69) is 10.6 Å². The van der Waals surface area contributed by atoms with Crippen molar-refractivity contribution >= 4 is 17.8 Å². The highest BCUT2D eigenvalue weighted by Gasteiger charge is 2.30. The van der Waals surface area contributed by atoms with E-state index in [0.29, 0.717) is 24.8 Å². The molecule has 1 aromatic carbocycles. The van der Waals surface area contributed by atoms with Crippen molar-refractivity contribution in [2.24, 2.45) is 0 Å². The van der Waals surface area contributed by atoms with Crippen molar-refractivity contribution in [2.75, 3.05) is 7.05 Å². The van der Waals surface area contributed by atoms with Gasteiger partial charge >= 0.3 is 5.97 Å². The molecule has 0 bridgehead atoms. The normalized spacial score (nSPS) is 11.0. The summed E-state index contributed by atoms with van der Waals surface area (Å²) in [5, 5.41) is 14.5. The predicted molar refractivity (Wildman–Crippen MR) is 91.9 cm³/mol. The smallest absolute Gasteiger partial charge is 0.305 e. The minimum absolute atomic E-state index is 0.0854. The Kier molecular flexibility index (Phi) is 7.42. The molecule has 0 fully saturated rings. The summed E-state index contributed by atoms with van der Waals surface area (Å²) in [4.78, 5) is 34.9. The van der Waals surface area contributed by atoms with Gasteiger partial charge in [0.05, 0.1) is 6.42 Å².